The predicted molar refractivity (Wildman–Crippen MR) is 70.4 cm³/mol. The van der Waals surface area contributed by atoms with E-state index in [1.54, 1.807) is 6.20 Å². The Morgan fingerprint density at radius 1 is 1.33 bits per heavy atom. The van der Waals surface area contributed by atoms with E-state index in [2.05, 4.69) is 4.98 Å². The van der Waals surface area contributed by atoms with E-state index in [9.17, 15) is 5.11 Å². The summed E-state index contributed by atoms with van der Waals surface area (Å²) in [4.78, 5) is 4.29. The van der Waals surface area contributed by atoms with E-state index < -0.39 is 0 Å². The van der Waals surface area contributed by atoms with Gasteiger partial charge in [-0.1, -0.05) is 6.07 Å². The molecule has 4 nitrogen and oxygen atoms in total. The lowest BCUT2D eigenvalue weighted by atomic mass is 10.2. The summed E-state index contributed by atoms with van der Waals surface area (Å²) in [6.45, 7) is 0. The molecule has 0 saturated heterocycles. The molecule has 1 aromatic carbocycles. The molecule has 4 heteroatoms. The Morgan fingerprint density at radius 3 is 3.00 bits per heavy atom. The number of aromatic nitrogens is 1. The molecule has 0 spiro atoms. The summed E-state index contributed by atoms with van der Waals surface area (Å²) in [5.74, 6) is 0.667. The first-order chi connectivity index (χ1) is 8.72. The molecule has 2 atom stereocenters. The largest absolute Gasteiger partial charge is 0.488 e. The molecule has 0 radical (unpaired) electrons. The minimum absolute atomic E-state index is 0.0588. The molecule has 0 amide bonds. The fourth-order valence-corrected chi connectivity index (χ4v) is 2.42. The molecule has 1 saturated carbocycles. The molecule has 1 aliphatic rings. The summed E-state index contributed by atoms with van der Waals surface area (Å²) < 4.78 is 5.86. The summed E-state index contributed by atoms with van der Waals surface area (Å²) in [7, 11) is 0. The summed E-state index contributed by atoms with van der Waals surface area (Å²) in [6, 6.07) is 7.61. The van der Waals surface area contributed by atoms with Crippen LogP contribution in [0.2, 0.25) is 0 Å². The Kier molecular flexibility index (Phi) is 2.80. The van der Waals surface area contributed by atoms with E-state index >= 15 is 0 Å². The van der Waals surface area contributed by atoms with Crippen molar-refractivity contribution in [2.75, 3.05) is 5.73 Å². The molecule has 0 bridgehead atoms. The highest BCUT2D eigenvalue weighted by Crippen LogP contribution is 2.31. The van der Waals surface area contributed by atoms with Gasteiger partial charge in [0, 0.05) is 24.1 Å². The fourth-order valence-electron chi connectivity index (χ4n) is 2.42. The summed E-state index contributed by atoms with van der Waals surface area (Å²) >= 11 is 0. The van der Waals surface area contributed by atoms with Crippen LogP contribution in [0, 0.1) is 0 Å². The van der Waals surface area contributed by atoms with Crippen molar-refractivity contribution < 1.29 is 9.84 Å². The van der Waals surface area contributed by atoms with Crippen LogP contribution >= 0.6 is 0 Å². The highest BCUT2D eigenvalue weighted by molar-refractivity contribution is 5.84. The molecular formula is C14H16N2O2. The number of hydrogen-bond donors (Lipinski definition) is 2. The molecule has 3 N–H and O–H groups in total. The third-order valence-electron chi connectivity index (χ3n) is 3.39. The van der Waals surface area contributed by atoms with Gasteiger partial charge >= 0.3 is 0 Å². The monoisotopic (exact) mass is 244 g/mol. The van der Waals surface area contributed by atoms with Gasteiger partial charge < -0.3 is 15.6 Å². The number of pyridine rings is 1. The van der Waals surface area contributed by atoms with Gasteiger partial charge in [0.15, 0.2) is 0 Å². The van der Waals surface area contributed by atoms with Crippen LogP contribution in [-0.4, -0.2) is 22.3 Å². The highest BCUT2D eigenvalue weighted by Gasteiger charge is 2.24. The van der Waals surface area contributed by atoms with E-state index in [1.165, 1.54) is 0 Å². The number of anilines is 1. The lowest BCUT2D eigenvalue weighted by Gasteiger charge is -2.15. The summed E-state index contributed by atoms with van der Waals surface area (Å²) in [5, 5.41) is 10.5. The van der Waals surface area contributed by atoms with E-state index in [4.69, 9.17) is 10.5 Å². The zero-order valence-electron chi connectivity index (χ0n) is 10.0. The number of aliphatic hydroxyl groups is 1. The molecule has 1 fully saturated rings. The van der Waals surface area contributed by atoms with Gasteiger partial charge in [-0.05, 0) is 25.0 Å². The average molecular weight is 244 g/mol. The van der Waals surface area contributed by atoms with E-state index in [0.717, 1.165) is 23.7 Å². The number of rotatable bonds is 2. The van der Waals surface area contributed by atoms with Gasteiger partial charge in [-0.15, -0.1) is 0 Å². The molecular weight excluding hydrogens is 228 g/mol. The van der Waals surface area contributed by atoms with Gasteiger partial charge in [-0.3, -0.25) is 4.98 Å². The minimum atomic E-state index is -0.241. The van der Waals surface area contributed by atoms with Gasteiger partial charge in [-0.25, -0.2) is 0 Å². The van der Waals surface area contributed by atoms with Crippen LogP contribution in [-0.2, 0) is 0 Å². The lowest BCUT2D eigenvalue weighted by molar-refractivity contribution is 0.150. The normalized spacial score (nSPS) is 23.4. The van der Waals surface area contributed by atoms with Crippen LogP contribution < -0.4 is 10.5 Å². The van der Waals surface area contributed by atoms with Crippen molar-refractivity contribution >= 4 is 16.6 Å². The van der Waals surface area contributed by atoms with Crippen LogP contribution in [0.1, 0.15) is 19.3 Å². The van der Waals surface area contributed by atoms with Crippen LogP contribution in [0.5, 0.6) is 5.75 Å². The van der Waals surface area contributed by atoms with Crippen LogP contribution in [0.25, 0.3) is 10.9 Å². The first kappa shape index (κ1) is 11.3. The van der Waals surface area contributed by atoms with Crippen LogP contribution in [0.15, 0.2) is 30.5 Å². The molecule has 18 heavy (non-hydrogen) atoms. The Bertz CT molecular complexity index is 571. The van der Waals surface area contributed by atoms with Gasteiger partial charge in [0.05, 0.1) is 17.3 Å². The summed E-state index contributed by atoms with van der Waals surface area (Å²) in [5.41, 5.74) is 7.48. The maximum absolute atomic E-state index is 9.50. The van der Waals surface area contributed by atoms with Crippen molar-refractivity contribution in [2.24, 2.45) is 0 Å². The van der Waals surface area contributed by atoms with Gasteiger partial charge in [-0.2, -0.15) is 0 Å². The Hall–Kier alpha value is -1.81. The summed E-state index contributed by atoms with van der Waals surface area (Å²) in [6.07, 6.45) is 3.93. The fraction of sp³-hybridized carbons (Fsp3) is 0.357. The number of nitrogen functional groups attached to an aromatic ring is 1. The highest BCUT2D eigenvalue weighted by atomic mass is 16.5. The van der Waals surface area contributed by atoms with Crippen LogP contribution in [0.3, 0.4) is 0 Å². The third-order valence-corrected chi connectivity index (χ3v) is 3.39. The van der Waals surface area contributed by atoms with Crippen molar-refractivity contribution in [2.45, 2.75) is 31.5 Å². The minimum Gasteiger partial charge on any atom is -0.488 e. The molecule has 3 rings (SSSR count). The first-order valence-electron chi connectivity index (χ1n) is 6.21. The standard InChI is InChI=1S/C14H16N2O2/c15-12-6-9-2-1-5-16-13(9)8-14(12)18-11-4-3-10(17)7-11/h1-2,5-6,8,10-11,17H,3-4,7,15H2. The number of ether oxygens (including phenoxy) is 1. The lowest BCUT2D eigenvalue weighted by Crippen LogP contribution is -2.14. The predicted octanol–water partition coefficient (Wildman–Crippen LogP) is 2.11. The first-order valence-corrected chi connectivity index (χ1v) is 6.21. The molecule has 1 aromatic heterocycles. The molecule has 1 aliphatic carbocycles. The Morgan fingerprint density at radius 2 is 2.22 bits per heavy atom. The van der Waals surface area contributed by atoms with Crippen LogP contribution in [0.4, 0.5) is 5.69 Å². The SMILES string of the molecule is Nc1cc2cccnc2cc1OC1CCC(O)C1. The van der Waals surface area contributed by atoms with Crippen molar-refractivity contribution in [1.82, 2.24) is 4.98 Å². The maximum atomic E-state index is 9.50. The van der Waals surface area contributed by atoms with Gasteiger partial charge in [0.1, 0.15) is 11.9 Å². The molecule has 1 heterocycles. The van der Waals surface area contributed by atoms with Crippen molar-refractivity contribution in [3.63, 3.8) is 0 Å². The second-order valence-electron chi connectivity index (χ2n) is 4.79. The molecule has 2 aromatic rings. The smallest absolute Gasteiger partial charge is 0.144 e. The Balaban J connectivity index is 1.89. The topological polar surface area (TPSA) is 68.4 Å². The zero-order valence-corrected chi connectivity index (χ0v) is 10.0. The maximum Gasteiger partial charge on any atom is 0.144 e. The number of nitrogens with two attached hydrogens (primary N) is 1. The van der Waals surface area contributed by atoms with Gasteiger partial charge in [0.2, 0.25) is 0 Å². The number of nitrogens with zero attached hydrogens (tertiary/aromatic N) is 1. The van der Waals surface area contributed by atoms with E-state index in [0.29, 0.717) is 17.9 Å². The van der Waals surface area contributed by atoms with Crippen molar-refractivity contribution in [1.29, 1.82) is 0 Å². The quantitative estimate of drug-likeness (QED) is 0.794. The number of benzene rings is 1. The van der Waals surface area contributed by atoms with Gasteiger partial charge in [0.25, 0.3) is 0 Å². The number of fused-ring (bicyclic) bond motifs is 1. The molecule has 2 unspecified atom stereocenters. The molecule has 0 aliphatic heterocycles. The van der Waals surface area contributed by atoms with Crippen molar-refractivity contribution in [3.05, 3.63) is 30.5 Å². The van der Waals surface area contributed by atoms with E-state index in [1.807, 2.05) is 24.3 Å². The average Bonchev–Trinajstić information content (AvgIpc) is 2.76. The number of hydrogen-bond acceptors (Lipinski definition) is 4. The van der Waals surface area contributed by atoms with E-state index in [-0.39, 0.29) is 12.2 Å². The Labute approximate surface area is 105 Å². The van der Waals surface area contributed by atoms with Crippen molar-refractivity contribution in [3.8, 4) is 5.75 Å². The zero-order chi connectivity index (χ0) is 12.5. The third kappa shape index (κ3) is 2.11. The number of aliphatic hydroxyl groups excluding tert-OH is 1. The second-order valence-corrected chi connectivity index (χ2v) is 4.79. The second kappa shape index (κ2) is 4.46. The molecule has 94 valence electrons.